The van der Waals surface area contributed by atoms with Crippen molar-refractivity contribution in [2.24, 2.45) is 5.92 Å². The summed E-state index contributed by atoms with van der Waals surface area (Å²) < 4.78 is 11.3. The van der Waals surface area contributed by atoms with Gasteiger partial charge in [0.15, 0.2) is 0 Å². The molecule has 0 spiro atoms. The molecular formula is C24H29ClN2O4. The number of nitrogens with zero attached hydrogens (tertiary/aromatic N) is 2. The Morgan fingerprint density at radius 1 is 1.00 bits per heavy atom. The number of carbonyl (C=O) groups is 2. The van der Waals surface area contributed by atoms with Crippen LogP contribution in [0, 0.1) is 5.92 Å². The quantitative estimate of drug-likeness (QED) is 0.588. The Labute approximate surface area is 188 Å². The zero-order valence-corrected chi connectivity index (χ0v) is 18.6. The molecule has 0 atom stereocenters. The maximum atomic E-state index is 12.7. The minimum atomic E-state index is -0.0548. The van der Waals surface area contributed by atoms with Crippen LogP contribution >= 0.6 is 11.6 Å². The summed E-state index contributed by atoms with van der Waals surface area (Å²) in [5.41, 5.74) is 0. The fourth-order valence-corrected chi connectivity index (χ4v) is 3.77. The molecule has 1 saturated heterocycles. The van der Waals surface area contributed by atoms with E-state index in [4.69, 9.17) is 21.1 Å². The van der Waals surface area contributed by atoms with Gasteiger partial charge in [0.1, 0.15) is 18.1 Å². The Balaban J connectivity index is 1.34. The monoisotopic (exact) mass is 444 g/mol. The molecule has 166 valence electrons. The van der Waals surface area contributed by atoms with Crippen molar-refractivity contribution < 1.29 is 19.1 Å². The Morgan fingerprint density at radius 2 is 1.68 bits per heavy atom. The second-order valence-electron chi connectivity index (χ2n) is 7.63. The largest absolute Gasteiger partial charge is 0.493 e. The van der Waals surface area contributed by atoms with E-state index in [1.54, 1.807) is 24.1 Å². The molecule has 2 aromatic rings. The summed E-state index contributed by atoms with van der Waals surface area (Å²) in [7, 11) is 1.79. The smallest absolute Gasteiger partial charge is 0.225 e. The number of likely N-dealkylation sites (tertiary alicyclic amines) is 1. The van der Waals surface area contributed by atoms with Gasteiger partial charge in [-0.2, -0.15) is 0 Å². The first-order valence-corrected chi connectivity index (χ1v) is 11.0. The molecule has 0 unspecified atom stereocenters. The number of benzene rings is 2. The summed E-state index contributed by atoms with van der Waals surface area (Å²) in [6, 6.07) is 16.7. The van der Waals surface area contributed by atoms with E-state index in [1.165, 1.54) is 0 Å². The van der Waals surface area contributed by atoms with E-state index in [0.717, 1.165) is 5.75 Å². The second kappa shape index (κ2) is 11.6. The molecule has 2 amide bonds. The van der Waals surface area contributed by atoms with Gasteiger partial charge in [0.2, 0.25) is 11.8 Å². The summed E-state index contributed by atoms with van der Waals surface area (Å²) in [5, 5.41) is 0.620. The molecule has 31 heavy (non-hydrogen) atoms. The number of halogens is 1. The van der Waals surface area contributed by atoms with Crippen molar-refractivity contribution >= 4 is 23.4 Å². The van der Waals surface area contributed by atoms with Gasteiger partial charge in [-0.25, -0.2) is 0 Å². The van der Waals surface area contributed by atoms with Crippen molar-refractivity contribution in [3.63, 3.8) is 0 Å². The Hall–Kier alpha value is -2.73. The van der Waals surface area contributed by atoms with Crippen molar-refractivity contribution in [3.8, 4) is 11.5 Å². The van der Waals surface area contributed by atoms with Gasteiger partial charge >= 0.3 is 0 Å². The number of piperidine rings is 1. The molecule has 1 aliphatic rings. The van der Waals surface area contributed by atoms with E-state index in [1.807, 2.05) is 47.4 Å². The number of carbonyl (C=O) groups excluding carboxylic acids is 2. The van der Waals surface area contributed by atoms with Gasteiger partial charge in [-0.15, -0.1) is 0 Å². The van der Waals surface area contributed by atoms with Crippen LogP contribution in [0.15, 0.2) is 54.6 Å². The lowest BCUT2D eigenvalue weighted by molar-refractivity contribution is -0.140. The van der Waals surface area contributed by atoms with Crippen LogP contribution in [0.5, 0.6) is 11.5 Å². The summed E-state index contributed by atoms with van der Waals surface area (Å²) in [6.45, 7) is 2.47. The standard InChI is InChI=1S/C24H29ClN2O4/c1-26(15-17-31-22-9-5-6-20(25)18-22)24(29)19-10-13-27(14-11-19)23(28)12-16-30-21-7-3-2-4-8-21/h2-9,18-19H,10-17H2,1H3. The van der Waals surface area contributed by atoms with Crippen molar-refractivity contribution in [2.45, 2.75) is 19.3 Å². The Bertz CT molecular complexity index is 854. The van der Waals surface area contributed by atoms with Crippen LogP contribution in [0.1, 0.15) is 19.3 Å². The molecule has 7 heteroatoms. The molecule has 1 fully saturated rings. The number of hydrogen-bond donors (Lipinski definition) is 0. The number of amides is 2. The molecule has 0 saturated carbocycles. The highest BCUT2D eigenvalue weighted by Crippen LogP contribution is 2.21. The number of rotatable bonds is 9. The van der Waals surface area contributed by atoms with E-state index in [0.29, 0.717) is 62.9 Å². The maximum absolute atomic E-state index is 12.7. The van der Waals surface area contributed by atoms with Crippen LogP contribution in [-0.4, -0.2) is 61.5 Å². The van der Waals surface area contributed by atoms with Crippen LogP contribution < -0.4 is 9.47 Å². The van der Waals surface area contributed by atoms with E-state index >= 15 is 0 Å². The number of hydrogen-bond acceptors (Lipinski definition) is 4. The third-order valence-electron chi connectivity index (χ3n) is 5.39. The van der Waals surface area contributed by atoms with Crippen molar-refractivity contribution in [1.29, 1.82) is 0 Å². The summed E-state index contributed by atoms with van der Waals surface area (Å²) in [6.07, 6.45) is 1.71. The number of ether oxygens (including phenoxy) is 2. The molecule has 0 aromatic heterocycles. The summed E-state index contributed by atoms with van der Waals surface area (Å²) >= 11 is 5.95. The highest BCUT2D eigenvalue weighted by Gasteiger charge is 2.28. The number of likely N-dealkylation sites (N-methyl/N-ethyl adjacent to an activating group) is 1. The second-order valence-corrected chi connectivity index (χ2v) is 8.07. The molecule has 2 aromatic carbocycles. The third-order valence-corrected chi connectivity index (χ3v) is 5.63. The average Bonchev–Trinajstić information content (AvgIpc) is 2.79. The summed E-state index contributed by atoms with van der Waals surface area (Å²) in [4.78, 5) is 28.7. The van der Waals surface area contributed by atoms with Gasteiger partial charge in [0.05, 0.1) is 19.6 Å². The predicted octanol–water partition coefficient (Wildman–Crippen LogP) is 3.88. The van der Waals surface area contributed by atoms with Crippen molar-refractivity contribution in [3.05, 3.63) is 59.6 Å². The minimum Gasteiger partial charge on any atom is -0.493 e. The molecule has 1 heterocycles. The first kappa shape index (κ1) is 22.9. The topological polar surface area (TPSA) is 59.1 Å². The molecule has 0 aliphatic carbocycles. The zero-order valence-electron chi connectivity index (χ0n) is 17.8. The fraction of sp³-hybridized carbons (Fsp3) is 0.417. The van der Waals surface area contributed by atoms with Crippen LogP contribution in [0.4, 0.5) is 0 Å². The molecule has 6 nitrogen and oxygen atoms in total. The highest BCUT2D eigenvalue weighted by molar-refractivity contribution is 6.30. The van der Waals surface area contributed by atoms with Gasteiger partial charge in [0, 0.05) is 31.1 Å². The lowest BCUT2D eigenvalue weighted by atomic mass is 9.95. The van der Waals surface area contributed by atoms with Gasteiger partial charge in [-0.05, 0) is 43.2 Å². The molecule has 0 bridgehead atoms. The zero-order chi connectivity index (χ0) is 22.1. The number of para-hydroxylation sites is 1. The minimum absolute atomic E-state index is 0.0548. The van der Waals surface area contributed by atoms with Gasteiger partial charge in [0.25, 0.3) is 0 Å². The fourth-order valence-electron chi connectivity index (χ4n) is 3.59. The SMILES string of the molecule is CN(CCOc1cccc(Cl)c1)C(=O)C1CCN(C(=O)CCOc2ccccc2)CC1. The highest BCUT2D eigenvalue weighted by atomic mass is 35.5. The molecule has 3 rings (SSSR count). The lowest BCUT2D eigenvalue weighted by Gasteiger charge is -2.33. The Morgan fingerprint density at radius 3 is 2.39 bits per heavy atom. The van der Waals surface area contributed by atoms with E-state index < -0.39 is 0 Å². The van der Waals surface area contributed by atoms with Crippen LogP contribution in [-0.2, 0) is 9.59 Å². The first-order valence-electron chi connectivity index (χ1n) is 10.6. The van der Waals surface area contributed by atoms with Crippen molar-refractivity contribution in [1.82, 2.24) is 9.80 Å². The van der Waals surface area contributed by atoms with Gasteiger partial charge < -0.3 is 19.3 Å². The van der Waals surface area contributed by atoms with Crippen LogP contribution in [0.3, 0.4) is 0 Å². The normalized spacial score (nSPS) is 14.2. The molecule has 1 aliphatic heterocycles. The van der Waals surface area contributed by atoms with Gasteiger partial charge in [-0.3, -0.25) is 9.59 Å². The van der Waals surface area contributed by atoms with Crippen LogP contribution in [0.2, 0.25) is 5.02 Å². The first-order chi connectivity index (χ1) is 15.0. The molecule has 0 radical (unpaired) electrons. The predicted molar refractivity (Wildman–Crippen MR) is 120 cm³/mol. The van der Waals surface area contributed by atoms with Crippen LogP contribution in [0.25, 0.3) is 0 Å². The van der Waals surface area contributed by atoms with Crippen molar-refractivity contribution in [2.75, 3.05) is 39.9 Å². The van der Waals surface area contributed by atoms with E-state index in [-0.39, 0.29) is 17.7 Å². The average molecular weight is 445 g/mol. The third kappa shape index (κ3) is 7.17. The van der Waals surface area contributed by atoms with Gasteiger partial charge in [-0.1, -0.05) is 35.9 Å². The lowest BCUT2D eigenvalue weighted by Crippen LogP contribution is -2.44. The van der Waals surface area contributed by atoms with E-state index in [9.17, 15) is 9.59 Å². The summed E-state index contributed by atoms with van der Waals surface area (Å²) in [5.74, 6) is 1.58. The maximum Gasteiger partial charge on any atom is 0.225 e. The molecular weight excluding hydrogens is 416 g/mol. The Kier molecular flexibility index (Phi) is 8.59. The molecule has 0 N–H and O–H groups in total. The van der Waals surface area contributed by atoms with E-state index in [2.05, 4.69) is 0 Å².